The Bertz CT molecular complexity index is 952. The van der Waals surface area contributed by atoms with Gasteiger partial charge < -0.3 is 9.09 Å². The number of aromatic nitrogens is 2. The molecular weight excluding hydrogens is 346 g/mol. The number of amides is 1. The van der Waals surface area contributed by atoms with Gasteiger partial charge in [-0.15, -0.1) is 11.3 Å². The quantitative estimate of drug-likeness (QED) is 0.710. The summed E-state index contributed by atoms with van der Waals surface area (Å²) in [6.07, 6.45) is 4.09. The summed E-state index contributed by atoms with van der Waals surface area (Å²) in [6.45, 7) is 0.557. The van der Waals surface area contributed by atoms with Crippen LogP contribution in [0.15, 0.2) is 51.4 Å². The van der Waals surface area contributed by atoms with Gasteiger partial charge in [0, 0.05) is 28.6 Å². The summed E-state index contributed by atoms with van der Waals surface area (Å²) in [5.74, 6) is 0.815. The maximum absolute atomic E-state index is 12.3. The third kappa shape index (κ3) is 3.20. The molecule has 0 unspecified atom stereocenters. The second kappa shape index (κ2) is 6.37. The molecular formula is C17H14ClN3O2S. The van der Waals surface area contributed by atoms with Crippen LogP contribution in [0.2, 0.25) is 5.02 Å². The van der Waals surface area contributed by atoms with Crippen molar-refractivity contribution in [3.05, 3.63) is 68.8 Å². The number of thiazole rings is 1. The Hall–Kier alpha value is -2.18. The smallest absolute Gasteiger partial charge is 0.301 e. The fourth-order valence-electron chi connectivity index (χ4n) is 2.41. The normalized spacial score (nSPS) is 15.0. The first-order valence-corrected chi connectivity index (χ1v) is 8.89. The molecule has 0 bridgehead atoms. The molecule has 2 heterocycles. The average Bonchev–Trinajstić information content (AvgIpc) is 3.15. The minimum absolute atomic E-state index is 0.259. The molecule has 5 nitrogen and oxygen atoms in total. The molecule has 3 aromatic rings. The van der Waals surface area contributed by atoms with Crippen LogP contribution >= 0.6 is 22.9 Å². The van der Waals surface area contributed by atoms with Gasteiger partial charge in [0.2, 0.25) is 0 Å². The lowest BCUT2D eigenvalue weighted by Gasteiger charge is -2.05. The van der Waals surface area contributed by atoms with E-state index in [-0.39, 0.29) is 11.6 Å². The van der Waals surface area contributed by atoms with E-state index >= 15 is 0 Å². The molecule has 7 heteroatoms. The zero-order valence-electron chi connectivity index (χ0n) is 12.7. The Morgan fingerprint density at radius 2 is 2.25 bits per heavy atom. The van der Waals surface area contributed by atoms with Crippen LogP contribution in [0, 0.1) is 0 Å². The lowest BCUT2D eigenvalue weighted by Crippen LogP contribution is -2.17. The summed E-state index contributed by atoms with van der Waals surface area (Å²) in [6, 6.07) is 9.33. The van der Waals surface area contributed by atoms with Gasteiger partial charge in [0.25, 0.3) is 0 Å². The van der Waals surface area contributed by atoms with Crippen LogP contribution in [0.4, 0.5) is 0 Å². The number of hydrogen-bond acceptors (Lipinski definition) is 4. The number of rotatable bonds is 4. The number of carbonyl (C=O) groups is 1. The van der Waals surface area contributed by atoms with Crippen molar-refractivity contribution >= 4 is 28.8 Å². The van der Waals surface area contributed by atoms with Crippen molar-refractivity contribution in [3.63, 3.8) is 0 Å². The molecule has 122 valence electrons. The van der Waals surface area contributed by atoms with Gasteiger partial charge in [-0.25, -0.2) is 0 Å². The van der Waals surface area contributed by atoms with Crippen molar-refractivity contribution in [3.8, 4) is 0 Å². The molecule has 4 rings (SSSR count). The number of benzene rings is 1. The van der Waals surface area contributed by atoms with Gasteiger partial charge in [-0.05, 0) is 24.5 Å². The summed E-state index contributed by atoms with van der Waals surface area (Å²) in [5.41, 5.74) is 1.23. The van der Waals surface area contributed by atoms with E-state index in [1.165, 1.54) is 11.3 Å². The van der Waals surface area contributed by atoms with Gasteiger partial charge >= 0.3 is 5.91 Å². The van der Waals surface area contributed by atoms with Crippen LogP contribution in [-0.2, 0) is 6.54 Å². The van der Waals surface area contributed by atoms with E-state index < -0.39 is 0 Å². The average molecular weight is 360 g/mol. The standard InChI is InChI=1S/C17H14ClN3O2S/c18-13-4-2-1-3-12(13)10-21-7-8-24-17(21)19-16(22)14-9-15(23-20-14)11-5-6-11/h1-4,7-9,11H,5-6,10H2. The van der Waals surface area contributed by atoms with Crippen molar-refractivity contribution in [2.24, 2.45) is 4.99 Å². The molecule has 0 aliphatic heterocycles. The largest absolute Gasteiger partial charge is 0.360 e. The lowest BCUT2D eigenvalue weighted by molar-refractivity contribution is 0.0989. The molecule has 0 radical (unpaired) electrons. The SMILES string of the molecule is O=C(N=c1sccn1Cc1ccccc1Cl)c1cc(C2CC2)on1. The van der Waals surface area contributed by atoms with Crippen LogP contribution in [-0.4, -0.2) is 15.6 Å². The van der Waals surface area contributed by atoms with Crippen molar-refractivity contribution < 1.29 is 9.32 Å². The maximum Gasteiger partial charge on any atom is 0.301 e. The number of carbonyl (C=O) groups excluding carboxylic acids is 1. The highest BCUT2D eigenvalue weighted by molar-refractivity contribution is 7.07. The fraction of sp³-hybridized carbons (Fsp3) is 0.235. The summed E-state index contributed by atoms with van der Waals surface area (Å²) < 4.78 is 7.11. The van der Waals surface area contributed by atoms with Crippen LogP contribution in [0.1, 0.15) is 40.6 Å². The second-order valence-corrected chi connectivity index (χ2v) is 6.99. The zero-order valence-corrected chi connectivity index (χ0v) is 14.3. The Morgan fingerprint density at radius 1 is 1.42 bits per heavy atom. The van der Waals surface area contributed by atoms with Crippen LogP contribution < -0.4 is 4.80 Å². The van der Waals surface area contributed by atoms with Gasteiger partial charge in [0.1, 0.15) is 5.76 Å². The Kier molecular flexibility index (Phi) is 4.08. The topological polar surface area (TPSA) is 60.4 Å². The summed E-state index contributed by atoms with van der Waals surface area (Å²) >= 11 is 7.60. The van der Waals surface area contributed by atoms with E-state index in [9.17, 15) is 4.79 Å². The highest BCUT2D eigenvalue weighted by atomic mass is 35.5. The fourth-order valence-corrected chi connectivity index (χ4v) is 3.33. The molecule has 0 saturated heterocycles. The van der Waals surface area contributed by atoms with E-state index in [0.29, 0.717) is 22.3 Å². The van der Waals surface area contributed by atoms with Crippen molar-refractivity contribution in [2.75, 3.05) is 0 Å². The minimum atomic E-state index is -0.388. The number of nitrogens with zero attached hydrogens (tertiary/aromatic N) is 3. The first kappa shape index (κ1) is 15.4. The van der Waals surface area contributed by atoms with Gasteiger partial charge in [0.05, 0.1) is 6.54 Å². The van der Waals surface area contributed by atoms with Crippen molar-refractivity contribution in [1.29, 1.82) is 0 Å². The van der Waals surface area contributed by atoms with Crippen LogP contribution in [0.25, 0.3) is 0 Å². The lowest BCUT2D eigenvalue weighted by atomic mass is 10.2. The van der Waals surface area contributed by atoms with E-state index in [1.54, 1.807) is 6.07 Å². The van der Waals surface area contributed by atoms with E-state index in [0.717, 1.165) is 24.2 Å². The number of hydrogen-bond donors (Lipinski definition) is 0. The first-order valence-electron chi connectivity index (χ1n) is 7.64. The molecule has 1 saturated carbocycles. The monoisotopic (exact) mass is 359 g/mol. The Morgan fingerprint density at radius 3 is 3.04 bits per heavy atom. The predicted octanol–water partition coefficient (Wildman–Crippen LogP) is 3.86. The predicted molar refractivity (Wildman–Crippen MR) is 91.2 cm³/mol. The molecule has 0 spiro atoms. The first-order chi connectivity index (χ1) is 11.7. The van der Waals surface area contributed by atoms with Gasteiger partial charge in [-0.3, -0.25) is 4.79 Å². The molecule has 1 aliphatic rings. The Balaban J connectivity index is 1.59. The summed E-state index contributed by atoms with van der Waals surface area (Å²) in [5, 5.41) is 6.43. The molecule has 24 heavy (non-hydrogen) atoms. The van der Waals surface area contributed by atoms with Crippen LogP contribution in [0.5, 0.6) is 0 Å². The third-order valence-corrected chi connectivity index (χ3v) is 5.05. The Labute approximate surface area is 147 Å². The van der Waals surface area contributed by atoms with Crippen LogP contribution in [0.3, 0.4) is 0 Å². The van der Waals surface area contributed by atoms with E-state index in [2.05, 4.69) is 10.1 Å². The number of halogens is 1. The zero-order chi connectivity index (χ0) is 16.5. The molecule has 0 N–H and O–H groups in total. The molecule has 2 aromatic heterocycles. The minimum Gasteiger partial charge on any atom is -0.360 e. The van der Waals surface area contributed by atoms with Crippen molar-refractivity contribution in [1.82, 2.24) is 9.72 Å². The van der Waals surface area contributed by atoms with Gasteiger partial charge in [0.15, 0.2) is 10.5 Å². The molecule has 1 aromatic carbocycles. The molecule has 1 aliphatic carbocycles. The third-order valence-electron chi connectivity index (χ3n) is 3.88. The van der Waals surface area contributed by atoms with E-state index in [4.69, 9.17) is 16.1 Å². The second-order valence-electron chi connectivity index (χ2n) is 5.71. The summed E-state index contributed by atoms with van der Waals surface area (Å²) in [4.78, 5) is 17.1. The van der Waals surface area contributed by atoms with E-state index in [1.807, 2.05) is 40.4 Å². The highest BCUT2D eigenvalue weighted by Gasteiger charge is 2.28. The molecule has 1 amide bonds. The van der Waals surface area contributed by atoms with Crippen molar-refractivity contribution in [2.45, 2.75) is 25.3 Å². The van der Waals surface area contributed by atoms with Gasteiger partial charge in [-0.1, -0.05) is 35.0 Å². The molecule has 0 atom stereocenters. The van der Waals surface area contributed by atoms with Gasteiger partial charge in [-0.2, -0.15) is 4.99 Å². The summed E-state index contributed by atoms with van der Waals surface area (Å²) in [7, 11) is 0. The maximum atomic E-state index is 12.3. The highest BCUT2D eigenvalue weighted by Crippen LogP contribution is 2.40. The molecule has 1 fully saturated rings.